The molecule has 0 saturated heterocycles. The van der Waals surface area contributed by atoms with Crippen molar-refractivity contribution >= 4 is 28.0 Å². The van der Waals surface area contributed by atoms with Gasteiger partial charge in [-0.3, -0.25) is 0 Å². The number of hydrogen-bond donors (Lipinski definition) is 1. The highest BCUT2D eigenvalue weighted by Crippen LogP contribution is 2.14. The van der Waals surface area contributed by atoms with Crippen molar-refractivity contribution in [3.05, 3.63) is 34.3 Å². The van der Waals surface area contributed by atoms with E-state index in [2.05, 4.69) is 21.2 Å². The minimum Gasteiger partial charge on any atom is -0.464 e. The molecule has 134 valence electrons. The molecule has 0 aliphatic heterocycles. The van der Waals surface area contributed by atoms with Crippen LogP contribution in [-0.2, 0) is 20.7 Å². The van der Waals surface area contributed by atoms with Gasteiger partial charge in [0.15, 0.2) is 0 Å². The molecule has 0 heterocycles. The van der Waals surface area contributed by atoms with Crippen molar-refractivity contribution in [1.82, 2.24) is 5.32 Å². The zero-order valence-corrected chi connectivity index (χ0v) is 16.5. The first-order chi connectivity index (χ1) is 11.1. The first kappa shape index (κ1) is 20.5. The predicted octanol–water partition coefficient (Wildman–Crippen LogP) is 4.08. The molecule has 1 atom stereocenters. The molecule has 0 unspecified atom stereocenters. The Balaban J connectivity index is 2.82. The molecule has 0 spiro atoms. The van der Waals surface area contributed by atoms with Crippen LogP contribution in [0, 0.1) is 5.92 Å². The summed E-state index contributed by atoms with van der Waals surface area (Å²) in [7, 11) is 0. The molecular formula is C18H26BrNO4. The van der Waals surface area contributed by atoms with Crippen LogP contribution in [0.25, 0.3) is 0 Å². The Labute approximate surface area is 152 Å². The lowest BCUT2D eigenvalue weighted by atomic mass is 10.1. The summed E-state index contributed by atoms with van der Waals surface area (Å²) >= 11 is 3.40. The minimum atomic E-state index is -0.798. The van der Waals surface area contributed by atoms with Gasteiger partial charge in [0.05, 0.1) is 6.61 Å². The van der Waals surface area contributed by atoms with Gasteiger partial charge in [0.2, 0.25) is 0 Å². The normalized spacial score (nSPS) is 12.6. The second kappa shape index (κ2) is 9.06. The molecule has 1 aromatic carbocycles. The summed E-state index contributed by atoms with van der Waals surface area (Å²) < 4.78 is 11.4. The molecular weight excluding hydrogens is 374 g/mol. The number of carbonyl (C=O) groups is 2. The fourth-order valence-electron chi connectivity index (χ4n) is 1.89. The maximum absolute atomic E-state index is 12.3. The maximum Gasteiger partial charge on any atom is 0.408 e. The van der Waals surface area contributed by atoms with Crippen molar-refractivity contribution in [2.75, 3.05) is 6.61 Å². The van der Waals surface area contributed by atoms with E-state index in [1.165, 1.54) is 0 Å². The van der Waals surface area contributed by atoms with Crippen molar-refractivity contribution in [1.29, 1.82) is 0 Å². The Kier molecular flexibility index (Phi) is 7.73. The standard InChI is InChI=1S/C18H26BrNO4/c1-12(2)11-23-16(21)15(20-17(22)24-18(3,4)5)10-13-7-6-8-14(19)9-13/h6-9,12,15H,10-11H2,1-5H3,(H,20,22)/t15-/m0/s1. The fourth-order valence-corrected chi connectivity index (χ4v) is 2.34. The third kappa shape index (κ3) is 8.34. The van der Waals surface area contributed by atoms with Crippen LogP contribution in [-0.4, -0.2) is 30.3 Å². The molecule has 24 heavy (non-hydrogen) atoms. The number of ether oxygens (including phenoxy) is 2. The topological polar surface area (TPSA) is 64.6 Å². The SMILES string of the molecule is CC(C)COC(=O)[C@H](Cc1cccc(Br)c1)NC(=O)OC(C)(C)C. The summed E-state index contributed by atoms with van der Waals surface area (Å²) in [6, 6.07) is 6.78. The van der Waals surface area contributed by atoms with Gasteiger partial charge in [-0.05, 0) is 44.4 Å². The number of carbonyl (C=O) groups excluding carboxylic acids is 2. The van der Waals surface area contributed by atoms with E-state index in [0.29, 0.717) is 13.0 Å². The van der Waals surface area contributed by atoms with Crippen LogP contribution in [0.4, 0.5) is 4.79 Å². The van der Waals surface area contributed by atoms with Gasteiger partial charge in [-0.25, -0.2) is 9.59 Å². The number of benzene rings is 1. The summed E-state index contributed by atoms with van der Waals surface area (Å²) in [6.45, 7) is 9.53. The van der Waals surface area contributed by atoms with Crippen molar-refractivity contribution in [2.45, 2.75) is 52.7 Å². The summed E-state index contributed by atoms with van der Waals surface area (Å²) in [6.07, 6.45) is -0.306. The number of esters is 1. The first-order valence-corrected chi connectivity index (χ1v) is 8.76. The Morgan fingerprint density at radius 2 is 1.92 bits per heavy atom. The van der Waals surface area contributed by atoms with Gasteiger partial charge in [0.25, 0.3) is 0 Å². The van der Waals surface area contributed by atoms with E-state index in [-0.39, 0.29) is 5.92 Å². The van der Waals surface area contributed by atoms with E-state index in [0.717, 1.165) is 10.0 Å². The van der Waals surface area contributed by atoms with Crippen LogP contribution in [0.2, 0.25) is 0 Å². The van der Waals surface area contributed by atoms with E-state index >= 15 is 0 Å². The molecule has 1 amide bonds. The Bertz CT molecular complexity index is 566. The van der Waals surface area contributed by atoms with Crippen molar-refractivity contribution in [3.63, 3.8) is 0 Å². The third-order valence-corrected chi connectivity index (χ3v) is 3.36. The Hall–Kier alpha value is -1.56. The zero-order valence-electron chi connectivity index (χ0n) is 14.9. The molecule has 1 N–H and O–H groups in total. The van der Waals surface area contributed by atoms with Gasteiger partial charge in [-0.2, -0.15) is 0 Å². The number of amides is 1. The average molecular weight is 400 g/mol. The van der Waals surface area contributed by atoms with Gasteiger partial charge in [-0.1, -0.05) is 41.9 Å². The highest BCUT2D eigenvalue weighted by Gasteiger charge is 2.26. The molecule has 0 aromatic heterocycles. The average Bonchev–Trinajstić information content (AvgIpc) is 2.42. The van der Waals surface area contributed by atoms with Gasteiger partial charge >= 0.3 is 12.1 Å². The Morgan fingerprint density at radius 3 is 2.46 bits per heavy atom. The quantitative estimate of drug-likeness (QED) is 0.731. The van der Waals surface area contributed by atoms with Crippen molar-refractivity contribution in [2.24, 2.45) is 5.92 Å². The van der Waals surface area contributed by atoms with Gasteiger partial charge in [-0.15, -0.1) is 0 Å². The second-order valence-corrected chi connectivity index (χ2v) is 7.97. The number of nitrogens with one attached hydrogen (secondary N) is 1. The van der Waals surface area contributed by atoms with Gasteiger partial charge in [0, 0.05) is 10.9 Å². The molecule has 0 aliphatic rings. The molecule has 1 aromatic rings. The largest absolute Gasteiger partial charge is 0.464 e. The van der Waals surface area contributed by atoms with Crippen LogP contribution in [0.5, 0.6) is 0 Å². The van der Waals surface area contributed by atoms with Crippen LogP contribution >= 0.6 is 15.9 Å². The second-order valence-electron chi connectivity index (χ2n) is 7.06. The molecule has 5 nitrogen and oxygen atoms in total. The van der Waals surface area contributed by atoms with E-state index in [9.17, 15) is 9.59 Å². The summed E-state index contributed by atoms with van der Waals surface area (Å²) in [5.41, 5.74) is 0.277. The maximum atomic E-state index is 12.3. The number of alkyl carbamates (subject to hydrolysis) is 1. The predicted molar refractivity (Wildman–Crippen MR) is 96.8 cm³/mol. The smallest absolute Gasteiger partial charge is 0.408 e. The minimum absolute atomic E-state index is 0.224. The van der Waals surface area contributed by atoms with Crippen molar-refractivity contribution < 1.29 is 19.1 Å². The number of rotatable bonds is 6. The summed E-state index contributed by atoms with van der Waals surface area (Å²) in [5.74, 6) is -0.239. The Morgan fingerprint density at radius 1 is 1.25 bits per heavy atom. The molecule has 0 bridgehead atoms. The highest BCUT2D eigenvalue weighted by molar-refractivity contribution is 9.10. The number of hydrogen-bond acceptors (Lipinski definition) is 4. The van der Waals surface area contributed by atoms with Crippen LogP contribution in [0.1, 0.15) is 40.2 Å². The van der Waals surface area contributed by atoms with Crippen LogP contribution in [0.15, 0.2) is 28.7 Å². The number of halogens is 1. The molecule has 1 rings (SSSR count). The third-order valence-electron chi connectivity index (χ3n) is 2.86. The first-order valence-electron chi connectivity index (χ1n) is 7.97. The molecule has 0 fully saturated rings. The molecule has 6 heteroatoms. The highest BCUT2D eigenvalue weighted by atomic mass is 79.9. The lowest BCUT2D eigenvalue weighted by molar-refractivity contribution is -0.147. The van der Waals surface area contributed by atoms with E-state index in [4.69, 9.17) is 9.47 Å². The zero-order chi connectivity index (χ0) is 18.3. The van der Waals surface area contributed by atoms with Gasteiger partial charge in [0.1, 0.15) is 11.6 Å². The van der Waals surface area contributed by atoms with Crippen LogP contribution in [0.3, 0.4) is 0 Å². The van der Waals surface area contributed by atoms with E-state index in [1.54, 1.807) is 20.8 Å². The monoisotopic (exact) mass is 399 g/mol. The lowest BCUT2D eigenvalue weighted by Gasteiger charge is -2.23. The van der Waals surface area contributed by atoms with E-state index in [1.807, 2.05) is 38.1 Å². The van der Waals surface area contributed by atoms with E-state index < -0.39 is 23.7 Å². The molecule has 0 radical (unpaired) electrons. The molecule has 0 saturated carbocycles. The lowest BCUT2D eigenvalue weighted by Crippen LogP contribution is -2.45. The van der Waals surface area contributed by atoms with Crippen molar-refractivity contribution in [3.8, 4) is 0 Å². The molecule has 0 aliphatic carbocycles. The summed E-state index contributed by atoms with van der Waals surface area (Å²) in [5, 5.41) is 2.61. The summed E-state index contributed by atoms with van der Waals surface area (Å²) in [4.78, 5) is 24.4. The fraction of sp³-hybridized carbons (Fsp3) is 0.556. The van der Waals surface area contributed by atoms with Gasteiger partial charge < -0.3 is 14.8 Å². The van der Waals surface area contributed by atoms with Crippen LogP contribution < -0.4 is 5.32 Å².